The summed E-state index contributed by atoms with van der Waals surface area (Å²) in [4.78, 5) is 26.9. The van der Waals surface area contributed by atoms with Gasteiger partial charge in [-0.25, -0.2) is 0 Å². The highest BCUT2D eigenvalue weighted by Crippen LogP contribution is 2.21. The van der Waals surface area contributed by atoms with Gasteiger partial charge in [0.25, 0.3) is 5.91 Å². The molecule has 1 saturated heterocycles. The molecule has 2 aromatic carbocycles. The van der Waals surface area contributed by atoms with Crippen LogP contribution >= 0.6 is 0 Å². The molecule has 0 atom stereocenters. The van der Waals surface area contributed by atoms with E-state index in [0.717, 1.165) is 12.8 Å². The summed E-state index contributed by atoms with van der Waals surface area (Å²) >= 11 is 0. The molecule has 5 nitrogen and oxygen atoms in total. The van der Waals surface area contributed by atoms with Crippen molar-refractivity contribution in [2.75, 3.05) is 26.7 Å². The Hall–Kier alpha value is -2.82. The van der Waals surface area contributed by atoms with E-state index in [1.54, 1.807) is 19.2 Å². The second-order valence-electron chi connectivity index (χ2n) is 7.18. The minimum absolute atomic E-state index is 0.000573. The number of carbonyl (C=O) groups excluding carboxylic acids is 2. The van der Waals surface area contributed by atoms with Crippen molar-refractivity contribution in [3.05, 3.63) is 65.7 Å². The third-order valence-electron chi connectivity index (χ3n) is 5.25. The Kier molecular flexibility index (Phi) is 7.06. The van der Waals surface area contributed by atoms with Gasteiger partial charge in [-0.3, -0.25) is 9.59 Å². The number of nitrogens with one attached hydrogen (secondary N) is 1. The maximum absolute atomic E-state index is 12.7. The Balaban J connectivity index is 1.40. The van der Waals surface area contributed by atoms with Gasteiger partial charge in [-0.2, -0.15) is 0 Å². The van der Waals surface area contributed by atoms with Crippen molar-refractivity contribution in [2.24, 2.45) is 5.92 Å². The topological polar surface area (TPSA) is 58.6 Å². The predicted octanol–water partition coefficient (Wildman–Crippen LogP) is 3.30. The maximum Gasteiger partial charge on any atom is 0.253 e. The Morgan fingerprint density at radius 1 is 1.07 bits per heavy atom. The second-order valence-corrected chi connectivity index (χ2v) is 7.18. The summed E-state index contributed by atoms with van der Waals surface area (Å²) in [6.45, 7) is 1.91. The Morgan fingerprint density at radius 3 is 2.54 bits per heavy atom. The van der Waals surface area contributed by atoms with Crippen LogP contribution in [0.25, 0.3) is 0 Å². The van der Waals surface area contributed by atoms with Crippen molar-refractivity contribution in [3.63, 3.8) is 0 Å². The van der Waals surface area contributed by atoms with Crippen LogP contribution in [-0.2, 0) is 11.2 Å². The maximum atomic E-state index is 12.7. The van der Waals surface area contributed by atoms with Gasteiger partial charge < -0.3 is 15.0 Å². The fourth-order valence-electron chi connectivity index (χ4n) is 3.58. The fourth-order valence-corrected chi connectivity index (χ4v) is 3.58. The van der Waals surface area contributed by atoms with Crippen LogP contribution in [0.5, 0.6) is 5.75 Å². The molecule has 1 aliphatic rings. The largest absolute Gasteiger partial charge is 0.497 e. The number of ether oxygens (including phenoxy) is 1. The van der Waals surface area contributed by atoms with Crippen molar-refractivity contribution in [3.8, 4) is 5.75 Å². The molecule has 0 aromatic heterocycles. The molecule has 0 aliphatic carbocycles. The van der Waals surface area contributed by atoms with Crippen molar-refractivity contribution in [1.82, 2.24) is 10.2 Å². The zero-order valence-electron chi connectivity index (χ0n) is 16.4. The summed E-state index contributed by atoms with van der Waals surface area (Å²) in [6, 6.07) is 17.5. The molecule has 28 heavy (non-hydrogen) atoms. The van der Waals surface area contributed by atoms with Gasteiger partial charge in [0.1, 0.15) is 5.75 Å². The number of hydrogen-bond donors (Lipinski definition) is 1. The van der Waals surface area contributed by atoms with Gasteiger partial charge in [0.15, 0.2) is 0 Å². The lowest BCUT2D eigenvalue weighted by Crippen LogP contribution is -2.43. The molecule has 0 unspecified atom stereocenters. The highest BCUT2D eigenvalue weighted by atomic mass is 16.5. The third kappa shape index (κ3) is 5.35. The van der Waals surface area contributed by atoms with E-state index < -0.39 is 0 Å². The van der Waals surface area contributed by atoms with Crippen LogP contribution in [0.3, 0.4) is 0 Å². The van der Waals surface area contributed by atoms with Crippen LogP contribution < -0.4 is 10.1 Å². The van der Waals surface area contributed by atoms with Crippen molar-refractivity contribution in [2.45, 2.75) is 25.7 Å². The van der Waals surface area contributed by atoms with E-state index in [1.165, 1.54) is 5.56 Å². The molecule has 2 aromatic rings. The number of piperidine rings is 1. The molecular formula is C23H28N2O3. The molecule has 5 heteroatoms. The first-order chi connectivity index (χ1) is 13.7. The third-order valence-corrected chi connectivity index (χ3v) is 5.25. The molecule has 2 amide bonds. The molecular weight excluding hydrogens is 352 g/mol. The number of likely N-dealkylation sites (tertiary alicyclic amines) is 1. The molecule has 0 spiro atoms. The van der Waals surface area contributed by atoms with Gasteiger partial charge >= 0.3 is 0 Å². The highest BCUT2D eigenvalue weighted by Gasteiger charge is 2.27. The second kappa shape index (κ2) is 9.93. The molecule has 1 aliphatic heterocycles. The highest BCUT2D eigenvalue weighted by molar-refractivity contribution is 5.94. The Morgan fingerprint density at radius 2 is 1.82 bits per heavy atom. The summed E-state index contributed by atoms with van der Waals surface area (Å²) in [6.07, 6.45) is 3.32. The summed E-state index contributed by atoms with van der Waals surface area (Å²) in [5.41, 5.74) is 1.92. The van der Waals surface area contributed by atoms with Crippen molar-refractivity contribution in [1.29, 1.82) is 0 Å². The quantitative estimate of drug-likeness (QED) is 0.750. The lowest BCUT2D eigenvalue weighted by atomic mass is 9.95. The van der Waals surface area contributed by atoms with Crippen LogP contribution in [0.1, 0.15) is 35.2 Å². The zero-order chi connectivity index (χ0) is 19.8. The van der Waals surface area contributed by atoms with Crippen LogP contribution in [0.4, 0.5) is 0 Å². The summed E-state index contributed by atoms with van der Waals surface area (Å²) < 4.78 is 5.19. The normalized spacial score (nSPS) is 14.5. The number of amides is 2. The van der Waals surface area contributed by atoms with Crippen molar-refractivity contribution < 1.29 is 14.3 Å². The monoisotopic (exact) mass is 380 g/mol. The van der Waals surface area contributed by atoms with E-state index in [4.69, 9.17) is 4.74 Å². The van der Waals surface area contributed by atoms with Gasteiger partial charge in [-0.1, -0.05) is 36.4 Å². The van der Waals surface area contributed by atoms with E-state index in [9.17, 15) is 9.59 Å². The van der Waals surface area contributed by atoms with Crippen molar-refractivity contribution >= 4 is 11.8 Å². The summed E-state index contributed by atoms with van der Waals surface area (Å²) in [5.74, 6) is 0.781. The smallest absolute Gasteiger partial charge is 0.253 e. The Labute approximate surface area is 166 Å². The lowest BCUT2D eigenvalue weighted by Gasteiger charge is -2.31. The minimum Gasteiger partial charge on any atom is -0.497 e. The van der Waals surface area contributed by atoms with Gasteiger partial charge in [0, 0.05) is 31.1 Å². The predicted molar refractivity (Wildman–Crippen MR) is 109 cm³/mol. The molecule has 3 rings (SSSR count). The number of carbonyl (C=O) groups is 2. The SMILES string of the molecule is COc1cccc(C(=O)N2CCC(C(=O)NCCCc3ccccc3)CC2)c1. The number of hydrogen-bond acceptors (Lipinski definition) is 3. The minimum atomic E-state index is -0.00825. The van der Waals surface area contributed by atoms with Crippen LogP contribution in [-0.4, -0.2) is 43.5 Å². The van der Waals surface area contributed by atoms with Crippen LogP contribution in [0, 0.1) is 5.92 Å². The van der Waals surface area contributed by atoms with E-state index >= 15 is 0 Å². The van der Waals surface area contributed by atoms with Crippen LogP contribution in [0.2, 0.25) is 0 Å². The Bertz CT molecular complexity index is 783. The molecule has 1 fully saturated rings. The number of aryl methyl sites for hydroxylation is 1. The molecule has 0 radical (unpaired) electrons. The molecule has 1 heterocycles. The van der Waals surface area contributed by atoms with E-state index in [0.29, 0.717) is 43.8 Å². The van der Waals surface area contributed by atoms with Gasteiger partial charge in [0.2, 0.25) is 5.91 Å². The van der Waals surface area contributed by atoms with E-state index in [-0.39, 0.29) is 17.7 Å². The van der Waals surface area contributed by atoms with E-state index in [2.05, 4.69) is 17.4 Å². The van der Waals surface area contributed by atoms with Gasteiger partial charge in [-0.05, 0) is 49.4 Å². The van der Waals surface area contributed by atoms with Crippen LogP contribution in [0.15, 0.2) is 54.6 Å². The number of nitrogens with zero attached hydrogens (tertiary/aromatic N) is 1. The zero-order valence-corrected chi connectivity index (χ0v) is 16.4. The number of methoxy groups -OCH3 is 1. The lowest BCUT2D eigenvalue weighted by molar-refractivity contribution is -0.126. The molecule has 148 valence electrons. The average molecular weight is 380 g/mol. The first-order valence-corrected chi connectivity index (χ1v) is 9.92. The first-order valence-electron chi connectivity index (χ1n) is 9.92. The summed E-state index contributed by atoms with van der Waals surface area (Å²) in [5, 5.41) is 3.05. The molecule has 0 saturated carbocycles. The van der Waals surface area contributed by atoms with E-state index in [1.807, 2.05) is 35.2 Å². The number of rotatable bonds is 7. The fraction of sp³-hybridized carbons (Fsp3) is 0.391. The standard InChI is InChI=1S/C23H28N2O3/c1-28-21-11-5-10-20(17-21)23(27)25-15-12-19(13-16-25)22(26)24-14-6-9-18-7-3-2-4-8-18/h2-5,7-8,10-11,17,19H,6,9,12-16H2,1H3,(H,24,26). The molecule has 1 N–H and O–H groups in total. The number of benzene rings is 2. The van der Waals surface area contributed by atoms with Gasteiger partial charge in [-0.15, -0.1) is 0 Å². The summed E-state index contributed by atoms with van der Waals surface area (Å²) in [7, 11) is 1.59. The first kappa shape index (κ1) is 19.9. The van der Waals surface area contributed by atoms with Gasteiger partial charge in [0.05, 0.1) is 7.11 Å². The molecule has 0 bridgehead atoms. The average Bonchev–Trinajstić information content (AvgIpc) is 2.77.